The third-order valence-electron chi connectivity index (χ3n) is 3.10. The van der Waals surface area contributed by atoms with Crippen molar-refractivity contribution in [1.29, 1.82) is 0 Å². The van der Waals surface area contributed by atoms with Crippen LogP contribution in [0, 0.1) is 0 Å². The summed E-state index contributed by atoms with van der Waals surface area (Å²) < 4.78 is 5.52. The standard InChI is InChI=1S/C18H28O/c1-15(2)18-12-9-11-17(14-18)10-7-5-6-8-13-19-16(3)4/h7,9-12,14-16H,5-6,8,13H2,1-4H3. The largest absolute Gasteiger partial charge is 0.379 e. The number of benzene rings is 1. The fourth-order valence-electron chi connectivity index (χ4n) is 1.92. The number of ether oxygens (including phenoxy) is 1. The molecule has 0 saturated heterocycles. The van der Waals surface area contributed by atoms with Crippen molar-refractivity contribution in [3.05, 3.63) is 41.5 Å². The van der Waals surface area contributed by atoms with E-state index in [2.05, 4.69) is 64.1 Å². The van der Waals surface area contributed by atoms with Crippen LogP contribution in [0.4, 0.5) is 0 Å². The van der Waals surface area contributed by atoms with Crippen LogP contribution in [0.1, 0.15) is 64.0 Å². The Morgan fingerprint density at radius 3 is 2.58 bits per heavy atom. The quantitative estimate of drug-likeness (QED) is 0.567. The number of allylic oxidation sites excluding steroid dienone is 1. The molecule has 0 atom stereocenters. The van der Waals surface area contributed by atoms with Gasteiger partial charge >= 0.3 is 0 Å². The molecule has 0 N–H and O–H groups in total. The van der Waals surface area contributed by atoms with Crippen LogP contribution in [-0.4, -0.2) is 12.7 Å². The van der Waals surface area contributed by atoms with Gasteiger partial charge in [0, 0.05) is 6.61 Å². The van der Waals surface area contributed by atoms with Crippen LogP contribution in [0.2, 0.25) is 0 Å². The average Bonchev–Trinajstić information content (AvgIpc) is 2.37. The van der Waals surface area contributed by atoms with Gasteiger partial charge < -0.3 is 4.74 Å². The lowest BCUT2D eigenvalue weighted by atomic mass is 10.0. The highest BCUT2D eigenvalue weighted by Gasteiger charge is 1.98. The van der Waals surface area contributed by atoms with E-state index >= 15 is 0 Å². The predicted octanol–water partition coefficient (Wildman–Crippen LogP) is 5.42. The van der Waals surface area contributed by atoms with Gasteiger partial charge in [0.1, 0.15) is 0 Å². The summed E-state index contributed by atoms with van der Waals surface area (Å²) in [6.07, 6.45) is 8.34. The number of unbranched alkanes of at least 4 members (excludes halogenated alkanes) is 2. The number of hydrogen-bond donors (Lipinski definition) is 0. The molecule has 0 aliphatic carbocycles. The topological polar surface area (TPSA) is 9.23 Å². The zero-order chi connectivity index (χ0) is 14.1. The highest BCUT2D eigenvalue weighted by Crippen LogP contribution is 2.16. The van der Waals surface area contributed by atoms with E-state index in [-0.39, 0.29) is 0 Å². The molecule has 1 rings (SSSR count). The van der Waals surface area contributed by atoms with Gasteiger partial charge in [-0.25, -0.2) is 0 Å². The minimum Gasteiger partial charge on any atom is -0.379 e. The molecule has 0 aliphatic heterocycles. The molecular weight excluding hydrogens is 232 g/mol. The second kappa shape index (κ2) is 8.92. The Bertz CT molecular complexity index is 377. The highest BCUT2D eigenvalue weighted by atomic mass is 16.5. The van der Waals surface area contributed by atoms with E-state index < -0.39 is 0 Å². The van der Waals surface area contributed by atoms with Gasteiger partial charge in [-0.1, -0.05) is 50.3 Å². The third kappa shape index (κ3) is 7.17. The van der Waals surface area contributed by atoms with Crippen LogP contribution in [0.5, 0.6) is 0 Å². The highest BCUT2D eigenvalue weighted by molar-refractivity contribution is 5.50. The van der Waals surface area contributed by atoms with Gasteiger partial charge in [-0.2, -0.15) is 0 Å². The lowest BCUT2D eigenvalue weighted by Gasteiger charge is -2.06. The Hall–Kier alpha value is -1.08. The molecule has 1 aromatic rings. The summed E-state index contributed by atoms with van der Waals surface area (Å²) >= 11 is 0. The lowest BCUT2D eigenvalue weighted by Crippen LogP contribution is -2.03. The summed E-state index contributed by atoms with van der Waals surface area (Å²) in [5.74, 6) is 0.599. The van der Waals surface area contributed by atoms with Gasteiger partial charge in [-0.05, 0) is 50.2 Å². The molecule has 0 unspecified atom stereocenters. The predicted molar refractivity (Wildman–Crippen MR) is 84.5 cm³/mol. The molecule has 0 amide bonds. The fourth-order valence-corrected chi connectivity index (χ4v) is 1.92. The van der Waals surface area contributed by atoms with Crippen molar-refractivity contribution in [3.8, 4) is 0 Å². The molecule has 106 valence electrons. The van der Waals surface area contributed by atoms with E-state index in [1.54, 1.807) is 0 Å². The molecule has 1 nitrogen and oxygen atoms in total. The van der Waals surface area contributed by atoms with Crippen molar-refractivity contribution in [1.82, 2.24) is 0 Å². The first kappa shape index (κ1) is 16.0. The minimum atomic E-state index is 0.356. The number of rotatable bonds is 8. The molecule has 1 heteroatoms. The summed E-state index contributed by atoms with van der Waals surface area (Å²) in [6.45, 7) is 9.52. The van der Waals surface area contributed by atoms with Crippen LogP contribution < -0.4 is 0 Å². The molecule has 0 radical (unpaired) electrons. The average molecular weight is 260 g/mol. The van der Waals surface area contributed by atoms with Crippen molar-refractivity contribution in [2.24, 2.45) is 0 Å². The maximum Gasteiger partial charge on any atom is 0.0518 e. The van der Waals surface area contributed by atoms with Gasteiger partial charge in [0.2, 0.25) is 0 Å². The van der Waals surface area contributed by atoms with Crippen molar-refractivity contribution < 1.29 is 4.74 Å². The molecule has 0 fully saturated rings. The van der Waals surface area contributed by atoms with E-state index in [4.69, 9.17) is 4.74 Å². The van der Waals surface area contributed by atoms with Gasteiger partial charge in [0.15, 0.2) is 0 Å². The fraction of sp³-hybridized carbons (Fsp3) is 0.556. The lowest BCUT2D eigenvalue weighted by molar-refractivity contribution is 0.0762. The summed E-state index contributed by atoms with van der Waals surface area (Å²) in [6, 6.07) is 8.80. The summed E-state index contributed by atoms with van der Waals surface area (Å²) in [4.78, 5) is 0. The summed E-state index contributed by atoms with van der Waals surface area (Å²) in [5.41, 5.74) is 2.72. The Labute approximate surface area is 118 Å². The first-order chi connectivity index (χ1) is 9.09. The van der Waals surface area contributed by atoms with Gasteiger partial charge in [0.25, 0.3) is 0 Å². The molecule has 0 aromatic heterocycles. The molecule has 0 saturated carbocycles. The Morgan fingerprint density at radius 2 is 1.89 bits per heavy atom. The Kier molecular flexibility index (Phi) is 7.50. The zero-order valence-electron chi connectivity index (χ0n) is 12.9. The first-order valence-corrected chi connectivity index (χ1v) is 7.47. The van der Waals surface area contributed by atoms with Crippen LogP contribution in [0.3, 0.4) is 0 Å². The molecule has 0 spiro atoms. The SMILES string of the molecule is CC(C)OCCCCC=Cc1cccc(C(C)C)c1. The third-order valence-corrected chi connectivity index (χ3v) is 3.10. The van der Waals surface area contributed by atoms with Gasteiger partial charge in [0.05, 0.1) is 6.10 Å². The van der Waals surface area contributed by atoms with Crippen LogP contribution >= 0.6 is 0 Å². The first-order valence-electron chi connectivity index (χ1n) is 7.47. The molecular formula is C18H28O. The Morgan fingerprint density at radius 1 is 1.11 bits per heavy atom. The molecule has 19 heavy (non-hydrogen) atoms. The normalized spacial score (nSPS) is 11.9. The smallest absolute Gasteiger partial charge is 0.0518 e. The second-order valence-electron chi connectivity index (χ2n) is 5.64. The molecule has 0 aliphatic rings. The van der Waals surface area contributed by atoms with Crippen molar-refractivity contribution in [3.63, 3.8) is 0 Å². The number of hydrogen-bond acceptors (Lipinski definition) is 1. The van der Waals surface area contributed by atoms with Crippen molar-refractivity contribution in [2.45, 2.75) is 59.0 Å². The molecule has 0 bridgehead atoms. The minimum absolute atomic E-state index is 0.356. The van der Waals surface area contributed by atoms with E-state index in [1.807, 2.05) is 0 Å². The second-order valence-corrected chi connectivity index (χ2v) is 5.64. The van der Waals surface area contributed by atoms with Crippen molar-refractivity contribution >= 4 is 6.08 Å². The van der Waals surface area contributed by atoms with E-state index in [0.29, 0.717) is 12.0 Å². The van der Waals surface area contributed by atoms with E-state index in [0.717, 1.165) is 19.4 Å². The zero-order valence-corrected chi connectivity index (χ0v) is 12.9. The molecule has 0 heterocycles. The Balaban J connectivity index is 2.27. The van der Waals surface area contributed by atoms with E-state index in [1.165, 1.54) is 17.5 Å². The molecule has 1 aromatic carbocycles. The van der Waals surface area contributed by atoms with Crippen LogP contribution in [0.25, 0.3) is 6.08 Å². The van der Waals surface area contributed by atoms with Gasteiger partial charge in [-0.3, -0.25) is 0 Å². The van der Waals surface area contributed by atoms with E-state index in [9.17, 15) is 0 Å². The summed E-state index contributed by atoms with van der Waals surface area (Å²) in [5, 5.41) is 0. The maximum absolute atomic E-state index is 5.52. The van der Waals surface area contributed by atoms with Crippen LogP contribution in [0.15, 0.2) is 30.3 Å². The maximum atomic E-state index is 5.52. The van der Waals surface area contributed by atoms with Crippen LogP contribution in [-0.2, 0) is 4.74 Å². The van der Waals surface area contributed by atoms with Crippen molar-refractivity contribution in [2.75, 3.05) is 6.61 Å². The van der Waals surface area contributed by atoms with Gasteiger partial charge in [-0.15, -0.1) is 0 Å². The monoisotopic (exact) mass is 260 g/mol. The summed E-state index contributed by atoms with van der Waals surface area (Å²) in [7, 11) is 0.